The zero-order valence-electron chi connectivity index (χ0n) is 12.9. The van der Waals surface area contributed by atoms with E-state index in [1.165, 1.54) is 38.8 Å². The third-order valence-electron chi connectivity index (χ3n) is 4.81. The first-order valence-corrected chi connectivity index (χ1v) is 7.75. The predicted molar refractivity (Wildman–Crippen MR) is 79.8 cm³/mol. The Labute approximate surface area is 114 Å². The van der Waals surface area contributed by atoms with Crippen LogP contribution < -0.4 is 5.73 Å². The zero-order valence-corrected chi connectivity index (χ0v) is 12.9. The SMILES string of the molecule is CCC(CC)CN(CC)C1(CN)CCCN(C)C1. The van der Waals surface area contributed by atoms with Crippen LogP contribution >= 0.6 is 0 Å². The Hall–Kier alpha value is -0.120. The minimum absolute atomic E-state index is 0.227. The fourth-order valence-electron chi connectivity index (χ4n) is 3.41. The average molecular weight is 255 g/mol. The second-order valence-electron chi connectivity index (χ2n) is 5.99. The second-order valence-corrected chi connectivity index (χ2v) is 5.99. The number of likely N-dealkylation sites (N-methyl/N-ethyl adjacent to an activating group) is 2. The van der Waals surface area contributed by atoms with Crippen LogP contribution in [0.25, 0.3) is 0 Å². The van der Waals surface area contributed by atoms with Gasteiger partial charge in [-0.1, -0.05) is 33.6 Å². The molecule has 0 spiro atoms. The zero-order chi connectivity index (χ0) is 13.6. The van der Waals surface area contributed by atoms with Crippen LogP contribution in [0.1, 0.15) is 46.5 Å². The summed E-state index contributed by atoms with van der Waals surface area (Å²) in [5.74, 6) is 0.820. The van der Waals surface area contributed by atoms with E-state index in [2.05, 4.69) is 37.6 Å². The van der Waals surface area contributed by atoms with Crippen molar-refractivity contribution in [1.29, 1.82) is 0 Å². The summed E-state index contributed by atoms with van der Waals surface area (Å²) >= 11 is 0. The van der Waals surface area contributed by atoms with Crippen LogP contribution in [0, 0.1) is 5.92 Å². The van der Waals surface area contributed by atoms with E-state index in [1.807, 2.05) is 0 Å². The number of hydrogen-bond acceptors (Lipinski definition) is 3. The molecule has 0 radical (unpaired) electrons. The Morgan fingerprint density at radius 3 is 2.39 bits per heavy atom. The van der Waals surface area contributed by atoms with Crippen LogP contribution in [0.4, 0.5) is 0 Å². The molecule has 3 nitrogen and oxygen atoms in total. The van der Waals surface area contributed by atoms with Crippen molar-refractivity contribution in [2.75, 3.05) is 39.8 Å². The highest BCUT2D eigenvalue weighted by atomic mass is 15.3. The maximum Gasteiger partial charge on any atom is 0.0458 e. The fourth-order valence-corrected chi connectivity index (χ4v) is 3.41. The lowest BCUT2D eigenvalue weighted by molar-refractivity contribution is 0.0178. The first kappa shape index (κ1) is 15.9. The highest BCUT2D eigenvalue weighted by Gasteiger charge is 2.38. The van der Waals surface area contributed by atoms with Crippen molar-refractivity contribution in [3.05, 3.63) is 0 Å². The van der Waals surface area contributed by atoms with E-state index in [1.54, 1.807) is 0 Å². The van der Waals surface area contributed by atoms with E-state index in [9.17, 15) is 0 Å². The van der Waals surface area contributed by atoms with E-state index >= 15 is 0 Å². The number of piperidine rings is 1. The van der Waals surface area contributed by atoms with Gasteiger partial charge >= 0.3 is 0 Å². The van der Waals surface area contributed by atoms with Gasteiger partial charge in [-0.3, -0.25) is 4.90 Å². The van der Waals surface area contributed by atoms with Gasteiger partial charge in [0.05, 0.1) is 0 Å². The van der Waals surface area contributed by atoms with Crippen LogP contribution in [0.2, 0.25) is 0 Å². The molecule has 1 fully saturated rings. The average Bonchev–Trinajstić information content (AvgIpc) is 2.40. The summed E-state index contributed by atoms with van der Waals surface area (Å²) in [5.41, 5.74) is 6.39. The van der Waals surface area contributed by atoms with E-state index in [4.69, 9.17) is 5.73 Å². The largest absolute Gasteiger partial charge is 0.329 e. The number of nitrogens with two attached hydrogens (primary N) is 1. The number of likely N-dealkylation sites (tertiary alicyclic amines) is 1. The van der Waals surface area contributed by atoms with Gasteiger partial charge in [-0.05, 0) is 38.9 Å². The van der Waals surface area contributed by atoms with Gasteiger partial charge in [-0.25, -0.2) is 0 Å². The normalized spacial score (nSPS) is 26.2. The molecule has 0 aromatic carbocycles. The molecule has 2 N–H and O–H groups in total. The molecule has 1 saturated heterocycles. The Morgan fingerprint density at radius 2 is 1.94 bits per heavy atom. The van der Waals surface area contributed by atoms with E-state index in [-0.39, 0.29) is 5.54 Å². The molecular weight excluding hydrogens is 222 g/mol. The van der Waals surface area contributed by atoms with Crippen LogP contribution in [0.15, 0.2) is 0 Å². The molecule has 0 amide bonds. The maximum absolute atomic E-state index is 6.17. The van der Waals surface area contributed by atoms with Crippen LogP contribution in [0.5, 0.6) is 0 Å². The van der Waals surface area contributed by atoms with Crippen molar-refractivity contribution >= 4 is 0 Å². The van der Waals surface area contributed by atoms with Crippen molar-refractivity contribution in [2.45, 2.75) is 52.0 Å². The molecule has 0 bridgehead atoms. The highest BCUT2D eigenvalue weighted by Crippen LogP contribution is 2.28. The fraction of sp³-hybridized carbons (Fsp3) is 1.00. The standard InChI is InChI=1S/C15H33N3/c1-5-14(6-2)11-18(7-3)15(12-16)9-8-10-17(4)13-15/h14H,5-13,16H2,1-4H3. The van der Waals surface area contributed by atoms with Crippen LogP contribution in [-0.2, 0) is 0 Å². The molecule has 0 aromatic heterocycles. The number of nitrogens with zero attached hydrogens (tertiary/aromatic N) is 2. The van der Waals surface area contributed by atoms with Crippen molar-refractivity contribution < 1.29 is 0 Å². The molecule has 0 aromatic rings. The monoisotopic (exact) mass is 255 g/mol. The van der Waals surface area contributed by atoms with Gasteiger partial charge in [0.2, 0.25) is 0 Å². The lowest BCUT2D eigenvalue weighted by atomic mass is 9.86. The van der Waals surface area contributed by atoms with Gasteiger partial charge in [-0.15, -0.1) is 0 Å². The first-order chi connectivity index (χ1) is 8.61. The molecular formula is C15H33N3. The Balaban J connectivity index is 2.75. The number of rotatable bonds is 7. The summed E-state index contributed by atoms with van der Waals surface area (Å²) in [6.45, 7) is 12.4. The Kier molecular flexibility index (Phi) is 6.61. The molecule has 1 heterocycles. The maximum atomic E-state index is 6.17. The van der Waals surface area contributed by atoms with Gasteiger partial charge in [0.15, 0.2) is 0 Å². The first-order valence-electron chi connectivity index (χ1n) is 7.75. The van der Waals surface area contributed by atoms with E-state index < -0.39 is 0 Å². The molecule has 0 saturated carbocycles. The smallest absolute Gasteiger partial charge is 0.0458 e. The number of hydrogen-bond donors (Lipinski definition) is 1. The molecule has 18 heavy (non-hydrogen) atoms. The third-order valence-corrected chi connectivity index (χ3v) is 4.81. The van der Waals surface area contributed by atoms with Crippen molar-refractivity contribution in [3.8, 4) is 0 Å². The summed E-state index contributed by atoms with van der Waals surface area (Å²) < 4.78 is 0. The van der Waals surface area contributed by atoms with E-state index in [0.717, 1.165) is 25.6 Å². The highest BCUT2D eigenvalue weighted by molar-refractivity contribution is 4.97. The summed E-state index contributed by atoms with van der Waals surface area (Å²) in [6, 6.07) is 0. The molecule has 1 unspecified atom stereocenters. The van der Waals surface area contributed by atoms with Crippen molar-refractivity contribution in [1.82, 2.24) is 9.80 Å². The Morgan fingerprint density at radius 1 is 1.28 bits per heavy atom. The van der Waals surface area contributed by atoms with Crippen molar-refractivity contribution in [3.63, 3.8) is 0 Å². The minimum Gasteiger partial charge on any atom is -0.329 e. The van der Waals surface area contributed by atoms with Gasteiger partial charge in [0, 0.05) is 25.2 Å². The van der Waals surface area contributed by atoms with Gasteiger partial charge < -0.3 is 10.6 Å². The van der Waals surface area contributed by atoms with Crippen molar-refractivity contribution in [2.24, 2.45) is 11.7 Å². The summed E-state index contributed by atoms with van der Waals surface area (Å²) in [7, 11) is 2.23. The molecule has 1 aliphatic heterocycles. The minimum atomic E-state index is 0.227. The van der Waals surface area contributed by atoms with Crippen LogP contribution in [0.3, 0.4) is 0 Å². The predicted octanol–water partition coefficient (Wildman–Crippen LogP) is 2.17. The molecule has 3 heteroatoms. The van der Waals surface area contributed by atoms with Gasteiger partial charge in [0.1, 0.15) is 0 Å². The van der Waals surface area contributed by atoms with E-state index in [0.29, 0.717) is 0 Å². The van der Waals surface area contributed by atoms with Gasteiger partial charge in [0.25, 0.3) is 0 Å². The quantitative estimate of drug-likeness (QED) is 0.757. The molecule has 1 atom stereocenters. The third kappa shape index (κ3) is 3.69. The molecule has 1 rings (SSSR count). The lowest BCUT2D eigenvalue weighted by Gasteiger charge is -2.49. The summed E-state index contributed by atoms with van der Waals surface area (Å²) in [4.78, 5) is 5.12. The van der Waals surface area contributed by atoms with Crippen LogP contribution in [-0.4, -0.2) is 55.1 Å². The summed E-state index contributed by atoms with van der Waals surface area (Å²) in [5, 5.41) is 0. The van der Waals surface area contributed by atoms with Gasteiger partial charge in [-0.2, -0.15) is 0 Å². The molecule has 0 aliphatic carbocycles. The topological polar surface area (TPSA) is 32.5 Å². The molecule has 1 aliphatic rings. The second kappa shape index (κ2) is 7.46. The lowest BCUT2D eigenvalue weighted by Crippen LogP contribution is -2.62. The summed E-state index contributed by atoms with van der Waals surface area (Å²) in [6.07, 6.45) is 5.11. The molecule has 108 valence electrons. The Bertz CT molecular complexity index is 228.